The number of nitrogens with zero attached hydrogens (tertiary/aromatic N) is 3. The maximum atomic E-state index is 12.2. The van der Waals surface area contributed by atoms with Gasteiger partial charge in [-0.1, -0.05) is 12.1 Å². The van der Waals surface area contributed by atoms with E-state index in [0.717, 1.165) is 4.90 Å². The first-order chi connectivity index (χ1) is 9.02. The third-order valence-electron chi connectivity index (χ3n) is 3.07. The van der Waals surface area contributed by atoms with Crippen molar-refractivity contribution in [3.05, 3.63) is 35.4 Å². The van der Waals surface area contributed by atoms with Crippen molar-refractivity contribution < 1.29 is 9.59 Å². The fourth-order valence-corrected chi connectivity index (χ4v) is 2.01. The zero-order valence-corrected chi connectivity index (χ0v) is 10.2. The van der Waals surface area contributed by atoms with Crippen LogP contribution < -0.4 is 5.32 Å². The minimum Gasteiger partial charge on any atom is -0.319 e. The van der Waals surface area contributed by atoms with Crippen molar-refractivity contribution in [2.75, 3.05) is 6.54 Å². The van der Waals surface area contributed by atoms with Crippen LogP contribution in [0.3, 0.4) is 0 Å². The molecule has 0 aliphatic carbocycles. The first kappa shape index (κ1) is 12.6. The summed E-state index contributed by atoms with van der Waals surface area (Å²) in [6, 6.07) is 9.62. The van der Waals surface area contributed by atoms with Gasteiger partial charge in [0.15, 0.2) is 0 Å². The van der Waals surface area contributed by atoms with Gasteiger partial charge in [-0.25, -0.2) is 9.69 Å². The number of carbonyl (C=O) groups excluding carboxylic acids is 2. The Labute approximate surface area is 109 Å². The first-order valence-electron chi connectivity index (χ1n) is 5.54. The van der Waals surface area contributed by atoms with E-state index in [0.29, 0.717) is 11.1 Å². The van der Waals surface area contributed by atoms with Gasteiger partial charge in [-0.3, -0.25) is 4.79 Å². The molecule has 1 atom stereocenters. The molecule has 1 aromatic rings. The molecule has 1 heterocycles. The lowest BCUT2D eigenvalue weighted by molar-refractivity contribution is -0.130. The van der Waals surface area contributed by atoms with E-state index >= 15 is 0 Å². The molecule has 1 aliphatic rings. The minimum absolute atomic E-state index is 0.293. The van der Waals surface area contributed by atoms with Gasteiger partial charge in [0.25, 0.3) is 5.91 Å². The van der Waals surface area contributed by atoms with Gasteiger partial charge in [-0.05, 0) is 24.6 Å². The standard InChI is InChI=1S/C13H10N4O2/c1-13(10-4-2-3-9(7-10)8-15)11(18)17(6-5-14)12(19)16-13/h2-4,7H,6H2,1H3,(H,16,19)/t13-/m1/s1. The molecule has 0 bridgehead atoms. The summed E-state index contributed by atoms with van der Waals surface area (Å²) in [7, 11) is 0. The van der Waals surface area contributed by atoms with E-state index < -0.39 is 17.5 Å². The maximum absolute atomic E-state index is 12.2. The minimum atomic E-state index is -1.24. The number of benzene rings is 1. The Kier molecular flexibility index (Phi) is 2.94. The second-order valence-corrected chi connectivity index (χ2v) is 4.30. The monoisotopic (exact) mass is 254 g/mol. The van der Waals surface area contributed by atoms with E-state index in [9.17, 15) is 9.59 Å². The fraction of sp³-hybridized carbons (Fsp3) is 0.231. The highest BCUT2D eigenvalue weighted by Crippen LogP contribution is 2.28. The Morgan fingerprint density at radius 3 is 2.74 bits per heavy atom. The highest BCUT2D eigenvalue weighted by Gasteiger charge is 2.48. The van der Waals surface area contributed by atoms with E-state index in [2.05, 4.69) is 5.32 Å². The third-order valence-corrected chi connectivity index (χ3v) is 3.07. The number of imide groups is 1. The summed E-state index contributed by atoms with van der Waals surface area (Å²) < 4.78 is 0. The summed E-state index contributed by atoms with van der Waals surface area (Å²) in [5.41, 5.74) is -0.314. The van der Waals surface area contributed by atoms with Gasteiger partial charge in [0.1, 0.15) is 12.1 Å². The Balaban J connectivity index is 2.44. The molecule has 0 saturated carbocycles. The van der Waals surface area contributed by atoms with Crippen LogP contribution in [0.25, 0.3) is 0 Å². The maximum Gasteiger partial charge on any atom is 0.326 e. The quantitative estimate of drug-likeness (QED) is 0.624. The van der Waals surface area contributed by atoms with Gasteiger partial charge in [-0.2, -0.15) is 10.5 Å². The van der Waals surface area contributed by atoms with E-state index in [1.807, 2.05) is 6.07 Å². The fourth-order valence-electron chi connectivity index (χ4n) is 2.01. The van der Waals surface area contributed by atoms with E-state index in [4.69, 9.17) is 10.5 Å². The molecule has 0 radical (unpaired) electrons. The number of amides is 3. The molecule has 1 aliphatic heterocycles. The van der Waals surface area contributed by atoms with Gasteiger partial charge in [0.05, 0.1) is 17.7 Å². The van der Waals surface area contributed by atoms with Crippen molar-refractivity contribution in [2.24, 2.45) is 0 Å². The number of hydrogen-bond donors (Lipinski definition) is 1. The van der Waals surface area contributed by atoms with Gasteiger partial charge < -0.3 is 5.32 Å². The lowest BCUT2D eigenvalue weighted by Crippen LogP contribution is -2.41. The lowest BCUT2D eigenvalue weighted by Gasteiger charge is -2.21. The molecule has 6 heteroatoms. The summed E-state index contributed by atoms with van der Waals surface area (Å²) in [6.07, 6.45) is 0. The number of hydrogen-bond acceptors (Lipinski definition) is 4. The van der Waals surface area contributed by atoms with Crippen LogP contribution in [0.2, 0.25) is 0 Å². The van der Waals surface area contributed by atoms with Crippen LogP contribution in [-0.4, -0.2) is 23.4 Å². The lowest BCUT2D eigenvalue weighted by atomic mass is 9.91. The average Bonchev–Trinajstić information content (AvgIpc) is 2.64. The van der Waals surface area contributed by atoms with Crippen LogP contribution in [0, 0.1) is 22.7 Å². The highest BCUT2D eigenvalue weighted by molar-refractivity contribution is 6.07. The molecule has 19 heavy (non-hydrogen) atoms. The molecule has 1 fully saturated rings. The van der Waals surface area contributed by atoms with Crippen LogP contribution in [-0.2, 0) is 10.3 Å². The number of nitrogens with one attached hydrogen (secondary N) is 1. The van der Waals surface area contributed by atoms with E-state index in [-0.39, 0.29) is 6.54 Å². The van der Waals surface area contributed by atoms with Crippen LogP contribution >= 0.6 is 0 Å². The summed E-state index contributed by atoms with van der Waals surface area (Å²) in [4.78, 5) is 24.8. The van der Waals surface area contributed by atoms with Gasteiger partial charge in [0, 0.05) is 0 Å². The van der Waals surface area contributed by atoms with Crippen molar-refractivity contribution in [2.45, 2.75) is 12.5 Å². The smallest absolute Gasteiger partial charge is 0.319 e. The van der Waals surface area contributed by atoms with Gasteiger partial charge in [-0.15, -0.1) is 0 Å². The summed E-state index contributed by atoms with van der Waals surface area (Å²) in [5.74, 6) is -0.492. The molecule has 1 N–H and O–H groups in total. The normalized spacial score (nSPS) is 21.7. The Morgan fingerprint density at radius 2 is 2.11 bits per heavy atom. The summed E-state index contributed by atoms with van der Waals surface area (Å²) >= 11 is 0. The topological polar surface area (TPSA) is 97.0 Å². The number of rotatable bonds is 2. The average molecular weight is 254 g/mol. The molecule has 94 valence electrons. The predicted molar refractivity (Wildman–Crippen MR) is 64.4 cm³/mol. The zero-order valence-electron chi connectivity index (χ0n) is 10.2. The van der Waals surface area contributed by atoms with Crippen LogP contribution in [0.1, 0.15) is 18.1 Å². The van der Waals surface area contributed by atoms with E-state index in [1.165, 1.54) is 0 Å². The largest absolute Gasteiger partial charge is 0.326 e. The van der Waals surface area contributed by atoms with Gasteiger partial charge >= 0.3 is 6.03 Å². The molecule has 0 spiro atoms. The molecular weight excluding hydrogens is 244 g/mol. The molecule has 1 aromatic carbocycles. The molecule has 2 rings (SSSR count). The van der Waals surface area contributed by atoms with Crippen molar-refractivity contribution in [1.29, 1.82) is 10.5 Å². The zero-order chi connectivity index (χ0) is 14.0. The Hall–Kier alpha value is -2.86. The molecule has 1 saturated heterocycles. The number of carbonyl (C=O) groups is 2. The number of urea groups is 1. The van der Waals surface area contributed by atoms with Crippen LogP contribution in [0.15, 0.2) is 24.3 Å². The van der Waals surface area contributed by atoms with Crippen LogP contribution in [0.5, 0.6) is 0 Å². The highest BCUT2D eigenvalue weighted by atomic mass is 16.2. The van der Waals surface area contributed by atoms with E-state index in [1.54, 1.807) is 37.3 Å². The molecule has 3 amide bonds. The molecule has 0 aromatic heterocycles. The van der Waals surface area contributed by atoms with Crippen molar-refractivity contribution in [1.82, 2.24) is 10.2 Å². The second kappa shape index (κ2) is 4.43. The summed E-state index contributed by atoms with van der Waals surface area (Å²) in [5, 5.41) is 20.0. The molecule has 0 unspecified atom stereocenters. The number of nitriles is 2. The Morgan fingerprint density at radius 1 is 1.37 bits per heavy atom. The molecule has 6 nitrogen and oxygen atoms in total. The molecular formula is C13H10N4O2. The van der Waals surface area contributed by atoms with Crippen molar-refractivity contribution in [3.63, 3.8) is 0 Å². The predicted octanol–water partition coefficient (Wildman–Crippen LogP) is 0.849. The summed E-state index contributed by atoms with van der Waals surface area (Å²) in [6.45, 7) is 1.26. The van der Waals surface area contributed by atoms with Crippen LogP contribution in [0.4, 0.5) is 4.79 Å². The third kappa shape index (κ3) is 1.90. The first-order valence-corrected chi connectivity index (χ1v) is 5.54. The second-order valence-electron chi connectivity index (χ2n) is 4.30. The Bertz CT molecular complexity index is 641. The van der Waals surface area contributed by atoms with Crippen molar-refractivity contribution in [3.8, 4) is 12.1 Å². The SMILES string of the molecule is C[C@]1(c2cccc(C#N)c2)NC(=O)N(CC#N)C1=O. The van der Waals surface area contributed by atoms with Crippen molar-refractivity contribution >= 4 is 11.9 Å². The van der Waals surface area contributed by atoms with Gasteiger partial charge in [0.2, 0.25) is 0 Å².